The standard InChI is InChI=1S/C12H13BrN2OS/c13-11-8-17-7-10(11)12(15-14)6-16-9-4-2-1-3-5-9/h1-5,7-8,12,15H,6,14H2. The molecule has 0 saturated heterocycles. The Hall–Kier alpha value is -0.880. The zero-order valence-electron chi connectivity index (χ0n) is 9.10. The summed E-state index contributed by atoms with van der Waals surface area (Å²) in [6.45, 7) is 0.496. The maximum absolute atomic E-state index is 5.68. The number of nitrogens with two attached hydrogens (primary N) is 1. The van der Waals surface area contributed by atoms with Gasteiger partial charge in [-0.05, 0) is 39.0 Å². The Morgan fingerprint density at radius 1 is 1.29 bits per heavy atom. The smallest absolute Gasteiger partial charge is 0.119 e. The number of hydrogen-bond acceptors (Lipinski definition) is 4. The van der Waals surface area contributed by atoms with Crippen molar-refractivity contribution in [2.45, 2.75) is 6.04 Å². The topological polar surface area (TPSA) is 47.3 Å². The summed E-state index contributed by atoms with van der Waals surface area (Å²) in [7, 11) is 0. The van der Waals surface area contributed by atoms with E-state index < -0.39 is 0 Å². The molecule has 3 N–H and O–H groups in total. The fourth-order valence-electron chi connectivity index (χ4n) is 1.46. The maximum atomic E-state index is 5.68. The third-order valence-corrected chi connectivity index (χ3v) is 4.13. The number of nitrogens with one attached hydrogen (secondary N) is 1. The molecule has 2 aromatic rings. The summed E-state index contributed by atoms with van der Waals surface area (Å²) in [4.78, 5) is 0. The summed E-state index contributed by atoms with van der Waals surface area (Å²) in [6, 6.07) is 9.69. The molecule has 0 fully saturated rings. The van der Waals surface area contributed by atoms with Gasteiger partial charge in [0.25, 0.3) is 0 Å². The first-order valence-electron chi connectivity index (χ1n) is 5.17. The van der Waals surface area contributed by atoms with Crippen LogP contribution in [0.25, 0.3) is 0 Å². The van der Waals surface area contributed by atoms with Crippen LogP contribution in [0.15, 0.2) is 45.6 Å². The van der Waals surface area contributed by atoms with E-state index in [0.29, 0.717) is 6.61 Å². The maximum Gasteiger partial charge on any atom is 0.119 e. The molecule has 0 aliphatic heterocycles. The van der Waals surface area contributed by atoms with Gasteiger partial charge in [0.15, 0.2) is 0 Å². The second-order valence-corrected chi connectivity index (χ2v) is 5.12. The second-order valence-electron chi connectivity index (χ2n) is 3.52. The Labute approximate surface area is 113 Å². The molecule has 0 spiro atoms. The molecule has 90 valence electrons. The lowest BCUT2D eigenvalue weighted by molar-refractivity contribution is 0.267. The predicted octanol–water partition coefficient (Wildman–Crippen LogP) is 3.09. The molecule has 0 bridgehead atoms. The normalized spacial score (nSPS) is 12.4. The number of ether oxygens (including phenoxy) is 1. The van der Waals surface area contributed by atoms with Gasteiger partial charge in [-0.1, -0.05) is 18.2 Å². The Morgan fingerprint density at radius 3 is 2.65 bits per heavy atom. The van der Waals surface area contributed by atoms with Gasteiger partial charge >= 0.3 is 0 Å². The number of hydrazine groups is 1. The average molecular weight is 313 g/mol. The van der Waals surface area contributed by atoms with Gasteiger partial charge in [-0.25, -0.2) is 5.43 Å². The molecule has 0 aliphatic carbocycles. The Bertz CT molecular complexity index is 461. The van der Waals surface area contributed by atoms with Crippen molar-refractivity contribution >= 4 is 27.3 Å². The van der Waals surface area contributed by atoms with Crippen LogP contribution in [0.5, 0.6) is 5.75 Å². The molecule has 0 aliphatic rings. The Morgan fingerprint density at radius 2 is 2.06 bits per heavy atom. The van der Waals surface area contributed by atoms with E-state index in [1.54, 1.807) is 11.3 Å². The quantitative estimate of drug-likeness (QED) is 0.659. The molecule has 0 amide bonds. The number of rotatable bonds is 5. The molecular weight excluding hydrogens is 300 g/mol. The first-order chi connectivity index (χ1) is 8.31. The SMILES string of the molecule is NNC(COc1ccccc1)c1cscc1Br. The highest BCUT2D eigenvalue weighted by atomic mass is 79.9. The summed E-state index contributed by atoms with van der Waals surface area (Å²) < 4.78 is 6.74. The number of thiophene rings is 1. The van der Waals surface area contributed by atoms with Crippen LogP contribution < -0.4 is 16.0 Å². The van der Waals surface area contributed by atoms with Crippen LogP contribution in [-0.2, 0) is 0 Å². The molecule has 17 heavy (non-hydrogen) atoms. The van der Waals surface area contributed by atoms with Gasteiger partial charge in [0, 0.05) is 9.85 Å². The van der Waals surface area contributed by atoms with Crippen molar-refractivity contribution < 1.29 is 4.74 Å². The number of benzene rings is 1. The lowest BCUT2D eigenvalue weighted by Gasteiger charge is -2.16. The van der Waals surface area contributed by atoms with Gasteiger partial charge in [-0.2, -0.15) is 11.3 Å². The third-order valence-electron chi connectivity index (χ3n) is 2.38. The third kappa shape index (κ3) is 3.29. The highest BCUT2D eigenvalue weighted by Gasteiger charge is 2.14. The molecular formula is C12H13BrN2OS. The van der Waals surface area contributed by atoms with Crippen molar-refractivity contribution in [1.29, 1.82) is 0 Å². The summed E-state index contributed by atoms with van der Waals surface area (Å²) in [6.07, 6.45) is 0. The summed E-state index contributed by atoms with van der Waals surface area (Å²) in [5.41, 5.74) is 3.89. The first-order valence-corrected chi connectivity index (χ1v) is 6.90. The van der Waals surface area contributed by atoms with Gasteiger partial charge in [-0.15, -0.1) is 0 Å². The molecule has 1 aromatic carbocycles. The molecule has 1 heterocycles. The fourth-order valence-corrected chi connectivity index (χ4v) is 3.09. The molecule has 1 unspecified atom stereocenters. The van der Waals surface area contributed by atoms with Crippen LogP contribution in [-0.4, -0.2) is 6.61 Å². The van der Waals surface area contributed by atoms with Gasteiger partial charge < -0.3 is 4.74 Å². The predicted molar refractivity (Wildman–Crippen MR) is 74.0 cm³/mol. The van der Waals surface area contributed by atoms with Gasteiger partial charge in [0.1, 0.15) is 12.4 Å². The van der Waals surface area contributed by atoms with Crippen molar-refractivity contribution in [3.63, 3.8) is 0 Å². The van der Waals surface area contributed by atoms with Crippen LogP contribution in [0.4, 0.5) is 0 Å². The van der Waals surface area contributed by atoms with Crippen LogP contribution in [0, 0.1) is 0 Å². The van der Waals surface area contributed by atoms with Gasteiger partial charge in [0.05, 0.1) is 6.04 Å². The van der Waals surface area contributed by atoms with E-state index in [1.165, 1.54) is 0 Å². The van der Waals surface area contributed by atoms with Crippen molar-refractivity contribution in [3.05, 3.63) is 51.1 Å². The minimum atomic E-state index is -0.0177. The van der Waals surface area contributed by atoms with Crippen LogP contribution in [0.2, 0.25) is 0 Å². The van der Waals surface area contributed by atoms with Crippen molar-refractivity contribution in [2.75, 3.05) is 6.61 Å². The Kier molecular flexibility index (Phi) is 4.56. The zero-order chi connectivity index (χ0) is 12.1. The molecule has 0 radical (unpaired) electrons. The van der Waals surface area contributed by atoms with Crippen molar-refractivity contribution in [2.24, 2.45) is 5.84 Å². The van der Waals surface area contributed by atoms with E-state index >= 15 is 0 Å². The van der Waals surface area contributed by atoms with Crippen LogP contribution in [0.3, 0.4) is 0 Å². The minimum Gasteiger partial charge on any atom is -0.492 e. The minimum absolute atomic E-state index is 0.0177. The van der Waals surface area contributed by atoms with E-state index in [9.17, 15) is 0 Å². The molecule has 1 aromatic heterocycles. The lowest BCUT2D eigenvalue weighted by Crippen LogP contribution is -2.32. The monoisotopic (exact) mass is 312 g/mol. The van der Waals surface area contributed by atoms with E-state index in [0.717, 1.165) is 15.8 Å². The van der Waals surface area contributed by atoms with Gasteiger partial charge in [0.2, 0.25) is 0 Å². The van der Waals surface area contributed by atoms with Crippen LogP contribution >= 0.6 is 27.3 Å². The summed E-state index contributed by atoms with van der Waals surface area (Å²) in [5, 5.41) is 4.09. The summed E-state index contributed by atoms with van der Waals surface area (Å²) in [5.74, 6) is 6.40. The largest absolute Gasteiger partial charge is 0.492 e. The molecule has 5 heteroatoms. The van der Waals surface area contributed by atoms with E-state index in [4.69, 9.17) is 10.6 Å². The highest BCUT2D eigenvalue weighted by Crippen LogP contribution is 2.27. The molecule has 3 nitrogen and oxygen atoms in total. The van der Waals surface area contributed by atoms with Crippen molar-refractivity contribution in [1.82, 2.24) is 5.43 Å². The highest BCUT2D eigenvalue weighted by molar-refractivity contribution is 9.10. The second kappa shape index (κ2) is 6.16. The summed E-state index contributed by atoms with van der Waals surface area (Å²) >= 11 is 5.13. The Balaban J connectivity index is 2.00. The van der Waals surface area contributed by atoms with E-state index in [2.05, 4.69) is 26.7 Å². The molecule has 0 saturated carbocycles. The fraction of sp³-hybridized carbons (Fsp3) is 0.167. The number of para-hydroxylation sites is 1. The number of hydrogen-bond donors (Lipinski definition) is 2. The number of halogens is 1. The van der Waals surface area contributed by atoms with Gasteiger partial charge in [-0.3, -0.25) is 5.84 Å². The van der Waals surface area contributed by atoms with E-state index in [-0.39, 0.29) is 6.04 Å². The molecule has 2 rings (SSSR count). The molecule has 1 atom stereocenters. The average Bonchev–Trinajstić information content (AvgIpc) is 2.78. The van der Waals surface area contributed by atoms with Crippen molar-refractivity contribution in [3.8, 4) is 5.75 Å². The van der Waals surface area contributed by atoms with E-state index in [1.807, 2.05) is 35.7 Å². The first kappa shape index (κ1) is 12.6. The zero-order valence-corrected chi connectivity index (χ0v) is 11.5. The van der Waals surface area contributed by atoms with Crippen LogP contribution in [0.1, 0.15) is 11.6 Å². The lowest BCUT2D eigenvalue weighted by atomic mass is 10.2.